The van der Waals surface area contributed by atoms with Gasteiger partial charge >= 0.3 is 5.97 Å². The first-order valence-electron chi connectivity index (χ1n) is 9.35. The van der Waals surface area contributed by atoms with E-state index in [0.717, 1.165) is 37.1 Å². The molecule has 1 atom stereocenters. The van der Waals surface area contributed by atoms with Crippen LogP contribution in [0.2, 0.25) is 0 Å². The zero-order chi connectivity index (χ0) is 19.2. The largest absolute Gasteiger partial charge is 0.481 e. The Kier molecular flexibility index (Phi) is 6.58. The number of rotatable bonds is 7. The number of aliphatic carboxylic acids is 1. The number of benzene rings is 1. The van der Waals surface area contributed by atoms with Crippen LogP contribution < -0.4 is 5.32 Å². The quantitative estimate of drug-likeness (QED) is 0.760. The summed E-state index contributed by atoms with van der Waals surface area (Å²) in [4.78, 5) is 29.8. The summed E-state index contributed by atoms with van der Waals surface area (Å²) in [5.74, 6) is -1.32. The van der Waals surface area contributed by atoms with Crippen LogP contribution in [0, 0.1) is 5.92 Å². The van der Waals surface area contributed by atoms with Crippen LogP contribution in [0.4, 0.5) is 5.13 Å². The molecular formula is C20H25N3O3S. The van der Waals surface area contributed by atoms with E-state index in [-0.39, 0.29) is 18.4 Å². The van der Waals surface area contributed by atoms with Gasteiger partial charge in [0.15, 0.2) is 5.13 Å². The van der Waals surface area contributed by atoms with Crippen molar-refractivity contribution < 1.29 is 14.7 Å². The van der Waals surface area contributed by atoms with E-state index in [1.165, 1.54) is 16.9 Å². The molecule has 0 saturated carbocycles. The van der Waals surface area contributed by atoms with E-state index in [0.29, 0.717) is 18.1 Å². The Morgan fingerprint density at radius 1 is 1.33 bits per heavy atom. The lowest BCUT2D eigenvalue weighted by Gasteiger charge is -2.29. The SMILES string of the molecule is CCCc1ccc(-c2csc(NC(=O)CN3CCCC(C(=O)O)C3)n2)cc1. The maximum Gasteiger partial charge on any atom is 0.307 e. The standard InChI is InChI=1S/C20H25N3O3S/c1-2-4-14-6-8-15(9-7-14)17-13-27-20(21-17)22-18(24)12-23-10-3-5-16(11-23)19(25)26/h6-9,13,16H,2-5,10-12H2,1H3,(H,25,26)(H,21,22,24). The number of carbonyl (C=O) groups excluding carboxylic acids is 1. The van der Waals surface area contributed by atoms with Crippen LogP contribution in [-0.2, 0) is 16.0 Å². The molecule has 1 aliphatic heterocycles. The third kappa shape index (κ3) is 5.37. The van der Waals surface area contributed by atoms with Crippen LogP contribution >= 0.6 is 11.3 Å². The summed E-state index contributed by atoms with van der Waals surface area (Å²) in [7, 11) is 0. The van der Waals surface area contributed by atoms with E-state index >= 15 is 0 Å². The van der Waals surface area contributed by atoms with Crippen molar-refractivity contribution in [2.24, 2.45) is 5.92 Å². The molecule has 2 N–H and O–H groups in total. The molecule has 1 aliphatic rings. The van der Waals surface area contributed by atoms with E-state index in [1.54, 1.807) is 0 Å². The second kappa shape index (κ2) is 9.10. The lowest BCUT2D eigenvalue weighted by Crippen LogP contribution is -2.42. The number of aryl methyl sites for hydroxylation is 1. The Morgan fingerprint density at radius 2 is 2.11 bits per heavy atom. The first kappa shape index (κ1) is 19.5. The number of amides is 1. The highest BCUT2D eigenvalue weighted by Gasteiger charge is 2.26. The second-order valence-corrected chi connectivity index (χ2v) is 7.80. The Morgan fingerprint density at radius 3 is 2.81 bits per heavy atom. The minimum absolute atomic E-state index is 0.153. The summed E-state index contributed by atoms with van der Waals surface area (Å²) in [6.07, 6.45) is 3.67. The molecule has 144 valence electrons. The van der Waals surface area contributed by atoms with Gasteiger partial charge in [0.05, 0.1) is 18.2 Å². The van der Waals surface area contributed by atoms with Gasteiger partial charge in [-0.25, -0.2) is 4.98 Å². The highest BCUT2D eigenvalue weighted by atomic mass is 32.1. The normalized spacial score (nSPS) is 17.6. The minimum atomic E-state index is -0.783. The highest BCUT2D eigenvalue weighted by molar-refractivity contribution is 7.14. The summed E-state index contributed by atoms with van der Waals surface area (Å²) in [6, 6.07) is 8.36. The number of carboxylic acids is 1. The number of carbonyl (C=O) groups is 2. The molecule has 0 radical (unpaired) electrons. The van der Waals surface area contributed by atoms with Crippen molar-refractivity contribution in [3.8, 4) is 11.3 Å². The number of nitrogens with one attached hydrogen (secondary N) is 1. The van der Waals surface area contributed by atoms with Crippen LogP contribution in [0.5, 0.6) is 0 Å². The molecule has 2 aromatic rings. The molecule has 1 amide bonds. The Balaban J connectivity index is 1.55. The van der Waals surface area contributed by atoms with Crippen LogP contribution in [-0.4, -0.2) is 46.5 Å². The van der Waals surface area contributed by atoms with Crippen LogP contribution in [0.15, 0.2) is 29.6 Å². The molecule has 1 unspecified atom stereocenters. The number of piperidine rings is 1. The molecule has 0 bridgehead atoms. The average Bonchev–Trinajstić information content (AvgIpc) is 3.11. The summed E-state index contributed by atoms with van der Waals surface area (Å²) < 4.78 is 0. The van der Waals surface area contributed by atoms with Crippen LogP contribution in [0.3, 0.4) is 0 Å². The van der Waals surface area contributed by atoms with E-state index in [1.807, 2.05) is 10.3 Å². The smallest absolute Gasteiger partial charge is 0.307 e. The Bertz CT molecular complexity index is 788. The maximum absolute atomic E-state index is 12.3. The molecule has 2 heterocycles. The zero-order valence-corrected chi connectivity index (χ0v) is 16.3. The van der Waals surface area contributed by atoms with Gasteiger partial charge in [-0.3, -0.25) is 14.5 Å². The number of carboxylic acid groups (broad SMARTS) is 1. The minimum Gasteiger partial charge on any atom is -0.481 e. The van der Waals surface area contributed by atoms with Gasteiger partial charge in [-0.2, -0.15) is 0 Å². The van der Waals surface area contributed by atoms with Crippen molar-refractivity contribution in [1.82, 2.24) is 9.88 Å². The van der Waals surface area contributed by atoms with Crippen LogP contribution in [0.25, 0.3) is 11.3 Å². The fraction of sp³-hybridized carbons (Fsp3) is 0.450. The van der Waals surface area contributed by atoms with Gasteiger partial charge in [-0.1, -0.05) is 37.6 Å². The number of thiazole rings is 1. The summed E-state index contributed by atoms with van der Waals surface area (Å²) in [5.41, 5.74) is 3.19. The van der Waals surface area contributed by atoms with E-state index in [9.17, 15) is 9.59 Å². The van der Waals surface area contributed by atoms with E-state index < -0.39 is 5.97 Å². The molecule has 1 fully saturated rings. The molecular weight excluding hydrogens is 362 g/mol. The third-order valence-corrected chi connectivity index (χ3v) is 5.52. The number of aromatic nitrogens is 1. The van der Waals surface area contributed by atoms with E-state index in [4.69, 9.17) is 5.11 Å². The lowest BCUT2D eigenvalue weighted by molar-refractivity contribution is -0.144. The number of nitrogens with zero attached hydrogens (tertiary/aromatic N) is 2. The first-order valence-corrected chi connectivity index (χ1v) is 10.2. The van der Waals surface area contributed by atoms with Crippen molar-refractivity contribution in [2.75, 3.05) is 25.0 Å². The number of anilines is 1. The fourth-order valence-electron chi connectivity index (χ4n) is 3.36. The van der Waals surface area contributed by atoms with Crippen molar-refractivity contribution in [1.29, 1.82) is 0 Å². The molecule has 7 heteroatoms. The fourth-order valence-corrected chi connectivity index (χ4v) is 4.09. The Hall–Kier alpha value is -2.25. The van der Waals surface area contributed by atoms with Gasteiger partial charge in [0.2, 0.25) is 5.91 Å². The molecule has 1 saturated heterocycles. The monoisotopic (exact) mass is 387 g/mol. The van der Waals surface area contributed by atoms with Gasteiger partial charge in [0.25, 0.3) is 0 Å². The third-order valence-electron chi connectivity index (χ3n) is 4.76. The van der Waals surface area contributed by atoms with E-state index in [2.05, 4.69) is 41.5 Å². The average molecular weight is 388 g/mol. The number of hydrogen-bond acceptors (Lipinski definition) is 5. The molecule has 6 nitrogen and oxygen atoms in total. The van der Waals surface area contributed by atoms with Crippen LogP contribution in [0.1, 0.15) is 31.7 Å². The van der Waals surface area contributed by atoms with Crippen molar-refractivity contribution in [2.45, 2.75) is 32.6 Å². The maximum atomic E-state index is 12.3. The highest BCUT2D eigenvalue weighted by Crippen LogP contribution is 2.25. The van der Waals surface area contributed by atoms with Gasteiger partial charge in [-0.15, -0.1) is 11.3 Å². The lowest BCUT2D eigenvalue weighted by atomic mass is 9.98. The molecule has 0 aliphatic carbocycles. The summed E-state index contributed by atoms with van der Waals surface area (Å²) >= 11 is 1.40. The zero-order valence-electron chi connectivity index (χ0n) is 15.5. The predicted octanol–water partition coefficient (Wildman–Crippen LogP) is 3.50. The van der Waals surface area contributed by atoms with Gasteiger partial charge in [-0.05, 0) is 31.4 Å². The Labute approximate surface area is 163 Å². The molecule has 27 heavy (non-hydrogen) atoms. The first-order chi connectivity index (χ1) is 13.0. The molecule has 1 aromatic heterocycles. The molecule has 1 aromatic carbocycles. The summed E-state index contributed by atoms with van der Waals surface area (Å²) in [5, 5.41) is 14.5. The topological polar surface area (TPSA) is 82.5 Å². The van der Waals surface area contributed by atoms with Crippen molar-refractivity contribution >= 4 is 28.3 Å². The van der Waals surface area contributed by atoms with Gasteiger partial charge in [0.1, 0.15) is 0 Å². The molecule has 0 spiro atoms. The second-order valence-electron chi connectivity index (χ2n) is 6.95. The number of likely N-dealkylation sites (tertiary alicyclic amines) is 1. The number of hydrogen-bond donors (Lipinski definition) is 2. The van der Waals surface area contributed by atoms with Gasteiger partial charge in [0, 0.05) is 17.5 Å². The molecule has 3 rings (SSSR count). The van der Waals surface area contributed by atoms with Crippen molar-refractivity contribution in [3.63, 3.8) is 0 Å². The predicted molar refractivity (Wildman–Crippen MR) is 107 cm³/mol. The summed E-state index contributed by atoms with van der Waals surface area (Å²) in [6.45, 7) is 3.54. The van der Waals surface area contributed by atoms with Gasteiger partial charge < -0.3 is 10.4 Å². The van der Waals surface area contributed by atoms with Crippen molar-refractivity contribution in [3.05, 3.63) is 35.2 Å².